The number of ketones is 1. The van der Waals surface area contributed by atoms with Crippen molar-refractivity contribution in [3.63, 3.8) is 0 Å². The Morgan fingerprint density at radius 1 is 1.19 bits per heavy atom. The molecule has 3 rings (SSSR count). The zero-order valence-corrected chi connectivity index (χ0v) is 15.1. The van der Waals surface area contributed by atoms with Gasteiger partial charge in [-0.25, -0.2) is 9.97 Å². The maximum atomic E-state index is 12.8. The number of rotatable bonds is 6. The number of ether oxygens (including phenoxy) is 1. The van der Waals surface area contributed by atoms with Crippen LogP contribution in [0.1, 0.15) is 24.2 Å². The number of carbonyl (C=O) groups is 1. The molecule has 0 bridgehead atoms. The third-order valence-electron chi connectivity index (χ3n) is 3.60. The average Bonchev–Trinajstić information content (AvgIpc) is 2.68. The topological polar surface area (TPSA) is 104 Å². The van der Waals surface area contributed by atoms with E-state index in [1.807, 2.05) is 37.3 Å². The summed E-state index contributed by atoms with van der Waals surface area (Å²) in [7, 11) is 0. The van der Waals surface area contributed by atoms with Crippen LogP contribution in [0.25, 0.3) is 22.8 Å². The Kier molecular flexibility index (Phi) is 5.51. The summed E-state index contributed by atoms with van der Waals surface area (Å²) in [6, 6.07) is 9.38. The molecule has 0 saturated heterocycles. The average molecular weight is 361 g/mol. The first-order valence-electron chi connectivity index (χ1n) is 8.45. The van der Waals surface area contributed by atoms with Gasteiger partial charge in [0.25, 0.3) is 0 Å². The van der Waals surface area contributed by atoms with Crippen molar-refractivity contribution in [2.45, 2.75) is 13.8 Å². The molecule has 0 aliphatic rings. The van der Waals surface area contributed by atoms with E-state index in [1.54, 1.807) is 25.5 Å². The summed E-state index contributed by atoms with van der Waals surface area (Å²) in [6.45, 7) is 3.82. The van der Waals surface area contributed by atoms with Crippen LogP contribution in [0.2, 0.25) is 0 Å². The minimum Gasteiger partial charge on any atom is -0.477 e. The van der Waals surface area contributed by atoms with Crippen LogP contribution in [0.4, 0.5) is 0 Å². The first kappa shape index (κ1) is 18.2. The maximum absolute atomic E-state index is 12.8. The molecule has 7 nitrogen and oxygen atoms in total. The largest absolute Gasteiger partial charge is 0.477 e. The monoisotopic (exact) mass is 361 g/mol. The number of aromatic nitrogens is 4. The SMILES string of the molecule is CCOc1nc(-c2cnccn2)nc(-c2ccccc2)c1C(=O)/C=C(\C)N. The van der Waals surface area contributed by atoms with Crippen LogP contribution in [0.3, 0.4) is 0 Å². The van der Waals surface area contributed by atoms with Gasteiger partial charge in [-0.15, -0.1) is 0 Å². The molecule has 0 saturated carbocycles. The third kappa shape index (κ3) is 4.14. The third-order valence-corrected chi connectivity index (χ3v) is 3.60. The molecule has 1 aromatic carbocycles. The van der Waals surface area contributed by atoms with Crippen molar-refractivity contribution in [3.8, 4) is 28.7 Å². The van der Waals surface area contributed by atoms with E-state index in [0.717, 1.165) is 5.56 Å². The van der Waals surface area contributed by atoms with Gasteiger partial charge in [0.05, 0.1) is 18.5 Å². The Morgan fingerprint density at radius 3 is 2.59 bits per heavy atom. The van der Waals surface area contributed by atoms with E-state index in [2.05, 4.69) is 19.9 Å². The van der Waals surface area contributed by atoms with Crippen molar-refractivity contribution in [2.24, 2.45) is 5.73 Å². The van der Waals surface area contributed by atoms with E-state index in [4.69, 9.17) is 10.5 Å². The lowest BCUT2D eigenvalue weighted by molar-refractivity contribution is 0.104. The summed E-state index contributed by atoms with van der Waals surface area (Å²) in [5.74, 6) is 0.202. The molecule has 2 N–H and O–H groups in total. The van der Waals surface area contributed by atoms with Crippen molar-refractivity contribution in [1.29, 1.82) is 0 Å². The summed E-state index contributed by atoms with van der Waals surface area (Å²) < 4.78 is 5.67. The number of hydrogen-bond donors (Lipinski definition) is 1. The quantitative estimate of drug-likeness (QED) is 0.531. The molecule has 2 heterocycles. The normalized spacial score (nSPS) is 11.3. The van der Waals surface area contributed by atoms with Crippen LogP contribution >= 0.6 is 0 Å². The fourth-order valence-electron chi connectivity index (χ4n) is 2.52. The van der Waals surface area contributed by atoms with Gasteiger partial charge < -0.3 is 10.5 Å². The zero-order chi connectivity index (χ0) is 19.2. The smallest absolute Gasteiger partial charge is 0.229 e. The number of benzene rings is 1. The Labute approximate surface area is 157 Å². The van der Waals surface area contributed by atoms with Gasteiger partial charge in [0.15, 0.2) is 11.6 Å². The molecule has 0 fully saturated rings. The van der Waals surface area contributed by atoms with Crippen molar-refractivity contribution in [3.05, 3.63) is 66.3 Å². The Morgan fingerprint density at radius 2 is 1.96 bits per heavy atom. The highest BCUT2D eigenvalue weighted by molar-refractivity contribution is 6.10. The van der Waals surface area contributed by atoms with Crippen molar-refractivity contribution in [1.82, 2.24) is 19.9 Å². The van der Waals surface area contributed by atoms with E-state index in [1.165, 1.54) is 6.08 Å². The second kappa shape index (κ2) is 8.18. The van der Waals surface area contributed by atoms with Gasteiger partial charge in [0.1, 0.15) is 11.3 Å². The Hall–Kier alpha value is -3.61. The molecular weight excluding hydrogens is 342 g/mol. The van der Waals surface area contributed by atoms with Gasteiger partial charge in [-0.1, -0.05) is 30.3 Å². The van der Waals surface area contributed by atoms with E-state index in [-0.39, 0.29) is 17.2 Å². The van der Waals surface area contributed by atoms with Crippen LogP contribution in [-0.4, -0.2) is 32.3 Å². The lowest BCUT2D eigenvalue weighted by atomic mass is 10.0. The summed E-state index contributed by atoms with van der Waals surface area (Å²) in [4.78, 5) is 30.2. The van der Waals surface area contributed by atoms with Crippen LogP contribution < -0.4 is 10.5 Å². The molecule has 0 aliphatic carbocycles. The maximum Gasteiger partial charge on any atom is 0.229 e. The number of allylic oxidation sites excluding steroid dienone is 2. The second-order valence-electron chi connectivity index (χ2n) is 5.72. The van der Waals surface area contributed by atoms with Crippen molar-refractivity contribution < 1.29 is 9.53 Å². The molecule has 27 heavy (non-hydrogen) atoms. The molecule has 0 unspecified atom stereocenters. The number of hydrogen-bond acceptors (Lipinski definition) is 7. The standard InChI is InChI=1S/C20H19N5O2/c1-3-27-20-17(16(26)11-13(2)21)18(14-7-5-4-6-8-14)24-19(25-20)15-12-22-9-10-23-15/h4-12H,3,21H2,1-2H3/b13-11+. The number of nitrogens with zero attached hydrogens (tertiary/aromatic N) is 4. The highest BCUT2D eigenvalue weighted by atomic mass is 16.5. The van der Waals surface area contributed by atoms with Crippen LogP contribution in [0.5, 0.6) is 5.88 Å². The van der Waals surface area contributed by atoms with Crippen molar-refractivity contribution >= 4 is 5.78 Å². The van der Waals surface area contributed by atoms with Crippen molar-refractivity contribution in [2.75, 3.05) is 6.61 Å². The van der Waals surface area contributed by atoms with Gasteiger partial charge in [-0.3, -0.25) is 9.78 Å². The summed E-state index contributed by atoms with van der Waals surface area (Å²) in [5, 5.41) is 0. The lowest BCUT2D eigenvalue weighted by Gasteiger charge is -2.14. The second-order valence-corrected chi connectivity index (χ2v) is 5.72. The molecule has 3 aromatic rings. The first-order chi connectivity index (χ1) is 13.1. The van der Waals surface area contributed by atoms with E-state index in [0.29, 0.717) is 29.5 Å². The van der Waals surface area contributed by atoms with Crippen LogP contribution in [-0.2, 0) is 0 Å². The van der Waals surface area contributed by atoms with Gasteiger partial charge in [0.2, 0.25) is 5.88 Å². The molecule has 0 spiro atoms. The minimum absolute atomic E-state index is 0.189. The lowest BCUT2D eigenvalue weighted by Crippen LogP contribution is -2.11. The van der Waals surface area contributed by atoms with Gasteiger partial charge >= 0.3 is 0 Å². The zero-order valence-electron chi connectivity index (χ0n) is 15.1. The number of carbonyl (C=O) groups excluding carboxylic acids is 1. The summed E-state index contributed by atoms with van der Waals surface area (Å²) in [5.41, 5.74) is 8.06. The highest BCUT2D eigenvalue weighted by Crippen LogP contribution is 2.31. The van der Waals surface area contributed by atoms with E-state index < -0.39 is 0 Å². The molecule has 0 aliphatic heterocycles. The minimum atomic E-state index is -0.317. The van der Waals surface area contributed by atoms with Gasteiger partial charge in [-0.05, 0) is 13.8 Å². The molecule has 0 amide bonds. The Bertz CT molecular complexity index is 968. The fourth-order valence-corrected chi connectivity index (χ4v) is 2.52. The summed E-state index contributed by atoms with van der Waals surface area (Å²) >= 11 is 0. The Balaban J connectivity index is 2.30. The van der Waals surface area contributed by atoms with Gasteiger partial charge in [-0.2, -0.15) is 4.98 Å². The highest BCUT2D eigenvalue weighted by Gasteiger charge is 2.23. The molecule has 0 atom stereocenters. The molecule has 136 valence electrons. The van der Waals surface area contributed by atoms with Crippen LogP contribution in [0.15, 0.2) is 60.7 Å². The summed E-state index contributed by atoms with van der Waals surface area (Å²) in [6.07, 6.45) is 6.03. The predicted molar refractivity (Wildman–Crippen MR) is 102 cm³/mol. The number of nitrogens with two attached hydrogens (primary N) is 1. The molecule has 0 radical (unpaired) electrons. The van der Waals surface area contributed by atoms with E-state index in [9.17, 15) is 4.79 Å². The molecule has 7 heteroatoms. The first-order valence-corrected chi connectivity index (χ1v) is 8.45. The predicted octanol–water partition coefficient (Wildman–Crippen LogP) is 3.04. The van der Waals surface area contributed by atoms with E-state index >= 15 is 0 Å². The molecular formula is C20H19N5O2. The van der Waals surface area contributed by atoms with Gasteiger partial charge in [0, 0.05) is 29.7 Å². The van der Waals surface area contributed by atoms with Crippen LogP contribution in [0, 0.1) is 0 Å². The fraction of sp³-hybridized carbons (Fsp3) is 0.150. The molecule has 2 aromatic heterocycles.